The van der Waals surface area contributed by atoms with Gasteiger partial charge in [0.05, 0.1) is 34.8 Å². The van der Waals surface area contributed by atoms with E-state index in [1.54, 1.807) is 6.07 Å². The molecular formula is C28H27FN6O7. The zero-order chi connectivity index (χ0) is 31.3. The van der Waals surface area contributed by atoms with E-state index in [1.807, 2.05) is 0 Å². The molecule has 1 saturated carbocycles. The average Bonchev–Trinajstić information content (AvgIpc) is 2.91. The molecule has 14 heteroatoms. The Morgan fingerprint density at radius 2 is 1.67 bits per heavy atom. The molecule has 3 aliphatic rings. The number of primary amides is 1. The molecular weight excluding hydrogens is 551 g/mol. The van der Waals surface area contributed by atoms with Crippen molar-refractivity contribution < 1.29 is 39.2 Å². The van der Waals surface area contributed by atoms with Gasteiger partial charge < -0.3 is 43.4 Å². The van der Waals surface area contributed by atoms with Crippen molar-refractivity contribution in [3.05, 3.63) is 70.2 Å². The molecule has 0 unspecified atom stereocenters. The van der Waals surface area contributed by atoms with Crippen molar-refractivity contribution in [2.45, 2.75) is 29.3 Å². The van der Waals surface area contributed by atoms with E-state index in [4.69, 9.17) is 22.9 Å². The van der Waals surface area contributed by atoms with Crippen LogP contribution < -0.4 is 22.9 Å². The zero-order valence-corrected chi connectivity index (χ0v) is 22.3. The molecule has 1 fully saturated rings. The highest BCUT2D eigenvalue weighted by Crippen LogP contribution is 2.60. The van der Waals surface area contributed by atoms with Crippen molar-refractivity contribution in [2.75, 3.05) is 14.1 Å². The normalized spacial score (nSPS) is 32.3. The molecule has 0 heterocycles. The third kappa shape index (κ3) is 3.08. The lowest BCUT2D eigenvalue weighted by molar-refractivity contribution is -0.153. The largest absolute Gasteiger partial charge is 0.509 e. The second kappa shape index (κ2) is 8.92. The molecule has 12 N–H and O–H groups in total. The van der Waals surface area contributed by atoms with E-state index in [1.165, 1.54) is 38.4 Å². The summed E-state index contributed by atoms with van der Waals surface area (Å²) in [6.07, 6.45) is -2.35. The lowest BCUT2D eigenvalue weighted by Crippen LogP contribution is -2.87. The van der Waals surface area contributed by atoms with Gasteiger partial charge in [-0.1, -0.05) is 18.2 Å². The van der Waals surface area contributed by atoms with Crippen LogP contribution in [0.3, 0.4) is 0 Å². The van der Waals surface area contributed by atoms with Gasteiger partial charge in [-0.25, -0.2) is 4.39 Å². The minimum absolute atomic E-state index is 0.0635. The number of carbonyl (C=O) groups excluding carboxylic acids is 3. The highest BCUT2D eigenvalue weighted by molar-refractivity contribution is 6.26. The summed E-state index contributed by atoms with van der Waals surface area (Å²) in [7, 11) is 2.62. The summed E-state index contributed by atoms with van der Waals surface area (Å²) in [6, 6.07) is 5.72. The molecule has 218 valence electrons. The number of aliphatic hydroxyl groups is 3. The van der Waals surface area contributed by atoms with Crippen molar-refractivity contribution >= 4 is 23.2 Å². The minimum Gasteiger partial charge on any atom is -0.509 e. The lowest BCUT2D eigenvalue weighted by atomic mass is 9.45. The Hall–Kier alpha value is -4.65. The Morgan fingerprint density at radius 1 is 1.07 bits per heavy atom. The molecule has 1 amide bonds. The molecule has 3 aliphatic carbocycles. The number of nitrogens with zero attached hydrogens (tertiary/aromatic N) is 2. The Labute approximate surface area is 237 Å². The van der Waals surface area contributed by atoms with Gasteiger partial charge in [0.15, 0.2) is 17.0 Å². The van der Waals surface area contributed by atoms with E-state index in [-0.39, 0.29) is 16.7 Å². The van der Waals surface area contributed by atoms with Gasteiger partial charge in [0, 0.05) is 0 Å². The zero-order valence-electron chi connectivity index (χ0n) is 22.3. The summed E-state index contributed by atoms with van der Waals surface area (Å²) >= 11 is 0. The third-order valence-electron chi connectivity index (χ3n) is 8.70. The number of fused-ring (bicyclic) bond motifs is 3. The van der Waals surface area contributed by atoms with Gasteiger partial charge >= 0.3 is 0 Å². The fourth-order valence-electron chi connectivity index (χ4n) is 6.81. The number of aromatic hydroxyl groups is 1. The fraction of sp³-hybridized carbons (Fsp3) is 0.286. The van der Waals surface area contributed by atoms with E-state index < -0.39 is 86.4 Å². The van der Waals surface area contributed by atoms with Crippen LogP contribution in [0, 0.1) is 22.6 Å². The first-order valence-electron chi connectivity index (χ1n) is 12.5. The van der Waals surface area contributed by atoms with Crippen LogP contribution in [0.5, 0.6) is 5.75 Å². The number of benzene rings is 2. The molecule has 2 aromatic rings. The molecule has 0 radical (unpaired) electrons. The number of hydrogen-bond donors (Lipinski definition) is 8. The van der Waals surface area contributed by atoms with Crippen molar-refractivity contribution in [3.8, 4) is 22.9 Å². The van der Waals surface area contributed by atoms with Crippen LogP contribution in [0.2, 0.25) is 0 Å². The first-order valence-corrected chi connectivity index (χ1v) is 12.5. The number of hydrogen-bond acceptors (Lipinski definition) is 12. The van der Waals surface area contributed by atoms with E-state index >= 15 is 0 Å². The summed E-state index contributed by atoms with van der Waals surface area (Å²) in [5.74, 6) is -7.68. The van der Waals surface area contributed by atoms with E-state index in [0.29, 0.717) is 5.56 Å². The third-order valence-corrected chi connectivity index (χ3v) is 8.70. The number of ketones is 2. The SMILES string of the molecule is CN(C)[C@@H]1C(=O)C(C(N)=O)=C(O)[C@@]2(C#N)C(=O)C3=C(O)c4c(O)ccc(-c5ccc(F)cc5)c4[C@H](N)[C@@]3(N)[C@H](O)[C@@]12N. The number of halogens is 1. The van der Waals surface area contributed by atoms with Crippen LogP contribution in [-0.2, 0) is 14.4 Å². The number of aliphatic hydroxyl groups excluding tert-OH is 3. The molecule has 42 heavy (non-hydrogen) atoms. The number of Topliss-reactive ketones (excluding diaryl/α,β-unsaturated/α-hetero) is 2. The summed E-state index contributed by atoms with van der Waals surface area (Å²) in [5.41, 5.74) is 15.3. The average molecular weight is 579 g/mol. The van der Waals surface area contributed by atoms with Crippen LogP contribution in [0.4, 0.5) is 4.39 Å². The van der Waals surface area contributed by atoms with Crippen molar-refractivity contribution in [2.24, 2.45) is 28.3 Å². The van der Waals surface area contributed by atoms with E-state index in [2.05, 4.69) is 0 Å². The number of amides is 1. The maximum atomic E-state index is 14.5. The van der Waals surface area contributed by atoms with Crippen LogP contribution in [0.25, 0.3) is 16.9 Å². The topological polar surface area (TPSA) is 263 Å². The molecule has 13 nitrogen and oxygen atoms in total. The minimum atomic E-state index is -3.08. The van der Waals surface area contributed by atoms with E-state index in [9.17, 15) is 44.5 Å². The highest BCUT2D eigenvalue weighted by atomic mass is 19.1. The first kappa shape index (κ1) is 28.9. The number of phenolic OH excluding ortho intramolecular Hbond substituents is 1. The molecule has 0 aliphatic heterocycles. The van der Waals surface area contributed by atoms with Crippen LogP contribution in [0.1, 0.15) is 17.2 Å². The standard InChI is InChI=1S/C28H27FN6O7/c1-35(2)21-19(38)16(24(32)41)22(39)26(9-30)23(40)17-18(37)15-13(36)8-7-12(10-3-5-11(29)6-4-10)14(15)20(31)27(17,33)25(42)28(21,26)34/h3-8,20-21,25,36-37,39,42H,31,33-34H2,1-2H3,(H2,32,41)/t20-,21+,25-,26-,27+,28-/m0/s1. The molecule has 0 spiro atoms. The Bertz CT molecular complexity index is 1710. The maximum absolute atomic E-state index is 14.5. The highest BCUT2D eigenvalue weighted by Gasteiger charge is 2.79. The van der Waals surface area contributed by atoms with Gasteiger partial charge in [0.2, 0.25) is 0 Å². The van der Waals surface area contributed by atoms with Crippen LogP contribution in [-0.4, -0.2) is 80.1 Å². The van der Waals surface area contributed by atoms with Crippen molar-refractivity contribution in [1.82, 2.24) is 4.90 Å². The summed E-state index contributed by atoms with van der Waals surface area (Å²) < 4.78 is 13.7. The smallest absolute Gasteiger partial charge is 0.255 e. The number of likely N-dealkylation sites (N-methyl/N-ethyl adjacent to an activating group) is 1. The fourth-order valence-corrected chi connectivity index (χ4v) is 6.81. The number of nitriles is 1. The second-order valence-electron chi connectivity index (χ2n) is 10.9. The van der Waals surface area contributed by atoms with Gasteiger partial charge in [-0.05, 0) is 49.0 Å². The van der Waals surface area contributed by atoms with Gasteiger partial charge in [-0.15, -0.1) is 0 Å². The molecule has 6 atom stereocenters. The van der Waals surface area contributed by atoms with Crippen molar-refractivity contribution in [3.63, 3.8) is 0 Å². The first-order chi connectivity index (χ1) is 19.5. The molecule has 2 aromatic carbocycles. The monoisotopic (exact) mass is 578 g/mol. The molecule has 5 rings (SSSR count). The van der Waals surface area contributed by atoms with Gasteiger partial charge in [0.25, 0.3) is 5.91 Å². The van der Waals surface area contributed by atoms with E-state index in [0.717, 1.165) is 17.0 Å². The molecule has 0 aromatic heterocycles. The molecule has 0 bridgehead atoms. The van der Waals surface area contributed by atoms with Crippen molar-refractivity contribution in [1.29, 1.82) is 5.26 Å². The van der Waals surface area contributed by atoms with Gasteiger partial charge in [-0.3, -0.25) is 19.3 Å². The summed E-state index contributed by atoms with van der Waals surface area (Å²) in [6.45, 7) is 0. The Balaban J connectivity index is 1.94. The van der Waals surface area contributed by atoms with Crippen LogP contribution >= 0.6 is 0 Å². The maximum Gasteiger partial charge on any atom is 0.255 e. The number of carbonyl (C=O) groups is 3. The second-order valence-corrected chi connectivity index (χ2v) is 10.9. The summed E-state index contributed by atoms with van der Waals surface area (Å²) in [4.78, 5) is 41.4. The Kier molecular flexibility index (Phi) is 6.13. The van der Waals surface area contributed by atoms with Gasteiger partial charge in [-0.2, -0.15) is 5.26 Å². The number of phenols is 1. The summed E-state index contributed by atoms with van der Waals surface area (Å²) in [5, 5.41) is 56.2. The quantitative estimate of drug-likeness (QED) is 0.207. The van der Waals surface area contributed by atoms with Gasteiger partial charge in [0.1, 0.15) is 40.3 Å². The Morgan fingerprint density at radius 3 is 2.19 bits per heavy atom. The number of nitrogens with two attached hydrogens (primary N) is 4. The van der Waals surface area contributed by atoms with Crippen LogP contribution in [0.15, 0.2) is 53.3 Å². The number of rotatable bonds is 3. The molecule has 0 saturated heterocycles. The predicted octanol–water partition coefficient (Wildman–Crippen LogP) is -0.860. The lowest BCUT2D eigenvalue weighted by Gasteiger charge is -2.62. The predicted molar refractivity (Wildman–Crippen MR) is 144 cm³/mol.